The van der Waals surface area contributed by atoms with Gasteiger partial charge in [-0.1, -0.05) is 12.1 Å². The van der Waals surface area contributed by atoms with E-state index in [1.54, 1.807) is 25.4 Å². The molecule has 2 aromatic rings. The Labute approximate surface area is 152 Å². The maximum atomic E-state index is 12.6. The zero-order valence-corrected chi connectivity index (χ0v) is 15.1. The van der Waals surface area contributed by atoms with Crippen molar-refractivity contribution >= 4 is 11.6 Å². The van der Waals surface area contributed by atoms with Gasteiger partial charge in [-0.3, -0.25) is 9.59 Å². The Kier molecular flexibility index (Phi) is 5.55. The molecule has 1 aliphatic heterocycles. The van der Waals surface area contributed by atoms with Gasteiger partial charge >= 0.3 is 0 Å². The van der Waals surface area contributed by atoms with Crippen LogP contribution in [0.4, 0.5) is 5.69 Å². The first-order chi connectivity index (χ1) is 12.6. The minimum absolute atomic E-state index is 0.105. The SMILES string of the molecule is CCOc1ccccc1C(=O)NC1CCN(c2cnn(C)c(=O)c2)CC1. The lowest BCUT2D eigenvalue weighted by Gasteiger charge is -2.33. The molecule has 7 nitrogen and oxygen atoms in total. The number of piperidine rings is 1. The van der Waals surface area contributed by atoms with Crippen LogP contribution in [0.15, 0.2) is 41.3 Å². The molecule has 2 heterocycles. The minimum atomic E-state index is -0.120. The highest BCUT2D eigenvalue weighted by atomic mass is 16.5. The summed E-state index contributed by atoms with van der Waals surface area (Å²) < 4.78 is 6.85. The molecule has 1 aromatic carbocycles. The molecule has 1 N–H and O–H groups in total. The van der Waals surface area contributed by atoms with Crippen LogP contribution in [0.25, 0.3) is 0 Å². The van der Waals surface area contributed by atoms with Crippen molar-refractivity contribution in [3.05, 3.63) is 52.4 Å². The van der Waals surface area contributed by atoms with E-state index in [1.807, 2.05) is 25.1 Å². The number of ether oxygens (including phenoxy) is 1. The van der Waals surface area contributed by atoms with Crippen LogP contribution in [0.5, 0.6) is 5.75 Å². The molecule has 0 radical (unpaired) electrons. The number of amides is 1. The average Bonchev–Trinajstić information content (AvgIpc) is 2.65. The third-order valence-corrected chi connectivity index (χ3v) is 4.58. The van der Waals surface area contributed by atoms with Crippen LogP contribution in [-0.4, -0.2) is 41.4 Å². The van der Waals surface area contributed by atoms with Crippen molar-refractivity contribution in [2.75, 3.05) is 24.6 Å². The molecular formula is C19H24N4O3. The van der Waals surface area contributed by atoms with Crippen LogP contribution in [-0.2, 0) is 7.05 Å². The highest BCUT2D eigenvalue weighted by molar-refractivity contribution is 5.97. The van der Waals surface area contributed by atoms with Crippen molar-refractivity contribution < 1.29 is 9.53 Å². The summed E-state index contributed by atoms with van der Waals surface area (Å²) in [6.07, 6.45) is 3.34. The number of hydrogen-bond donors (Lipinski definition) is 1. The Bertz CT molecular complexity index is 826. The molecule has 1 aromatic heterocycles. The fourth-order valence-corrected chi connectivity index (χ4v) is 3.11. The third kappa shape index (κ3) is 4.04. The molecule has 7 heteroatoms. The lowest BCUT2D eigenvalue weighted by Crippen LogP contribution is -2.45. The lowest BCUT2D eigenvalue weighted by atomic mass is 10.0. The summed E-state index contributed by atoms with van der Waals surface area (Å²) in [6, 6.07) is 8.99. The van der Waals surface area contributed by atoms with Crippen LogP contribution in [0.1, 0.15) is 30.1 Å². The fourth-order valence-electron chi connectivity index (χ4n) is 3.11. The largest absolute Gasteiger partial charge is 0.493 e. The van der Waals surface area contributed by atoms with Gasteiger partial charge in [-0.15, -0.1) is 0 Å². The van der Waals surface area contributed by atoms with Crippen molar-refractivity contribution in [1.29, 1.82) is 0 Å². The number of para-hydroxylation sites is 1. The number of carbonyl (C=O) groups excluding carboxylic acids is 1. The molecule has 26 heavy (non-hydrogen) atoms. The summed E-state index contributed by atoms with van der Waals surface area (Å²) in [6.45, 7) is 3.96. The van der Waals surface area contributed by atoms with Crippen LogP contribution >= 0.6 is 0 Å². The first-order valence-electron chi connectivity index (χ1n) is 8.89. The van der Waals surface area contributed by atoms with Crippen molar-refractivity contribution in [2.24, 2.45) is 7.05 Å². The van der Waals surface area contributed by atoms with E-state index in [1.165, 1.54) is 4.68 Å². The number of carbonyl (C=O) groups is 1. The van der Waals surface area contributed by atoms with Gasteiger partial charge in [-0.05, 0) is 31.9 Å². The zero-order chi connectivity index (χ0) is 18.5. The maximum absolute atomic E-state index is 12.6. The number of benzene rings is 1. The molecular weight excluding hydrogens is 332 g/mol. The first kappa shape index (κ1) is 18.0. The van der Waals surface area contributed by atoms with Crippen molar-refractivity contribution in [3.8, 4) is 5.75 Å². The van der Waals surface area contributed by atoms with E-state index in [4.69, 9.17) is 4.74 Å². The highest BCUT2D eigenvalue weighted by Gasteiger charge is 2.23. The average molecular weight is 356 g/mol. The molecule has 0 unspecified atom stereocenters. The van der Waals surface area contributed by atoms with E-state index in [9.17, 15) is 9.59 Å². The van der Waals surface area contributed by atoms with E-state index in [2.05, 4.69) is 15.3 Å². The third-order valence-electron chi connectivity index (χ3n) is 4.58. The van der Waals surface area contributed by atoms with E-state index >= 15 is 0 Å². The van der Waals surface area contributed by atoms with Gasteiger partial charge in [-0.25, -0.2) is 4.68 Å². The van der Waals surface area contributed by atoms with E-state index in [0.29, 0.717) is 17.9 Å². The van der Waals surface area contributed by atoms with Crippen LogP contribution < -0.4 is 20.5 Å². The van der Waals surface area contributed by atoms with Gasteiger partial charge in [0.1, 0.15) is 5.75 Å². The number of anilines is 1. The normalized spacial score (nSPS) is 14.9. The lowest BCUT2D eigenvalue weighted by molar-refractivity contribution is 0.0927. The van der Waals surface area contributed by atoms with Gasteiger partial charge in [0.15, 0.2) is 0 Å². The van der Waals surface area contributed by atoms with Gasteiger partial charge < -0.3 is 15.0 Å². The summed E-state index contributed by atoms with van der Waals surface area (Å²) in [5.74, 6) is 0.499. The number of rotatable bonds is 5. The van der Waals surface area contributed by atoms with Crippen molar-refractivity contribution in [3.63, 3.8) is 0 Å². The van der Waals surface area contributed by atoms with Crippen LogP contribution in [0, 0.1) is 0 Å². The summed E-state index contributed by atoms with van der Waals surface area (Å²) in [5.41, 5.74) is 1.28. The first-order valence-corrected chi connectivity index (χ1v) is 8.89. The van der Waals surface area contributed by atoms with Crippen molar-refractivity contribution in [2.45, 2.75) is 25.8 Å². The molecule has 0 spiro atoms. The number of hydrogen-bond acceptors (Lipinski definition) is 5. The van der Waals surface area contributed by atoms with Crippen molar-refractivity contribution in [1.82, 2.24) is 15.1 Å². The van der Waals surface area contributed by atoms with Gasteiger partial charge in [0, 0.05) is 32.2 Å². The Morgan fingerprint density at radius 2 is 2.04 bits per heavy atom. The molecule has 0 aliphatic carbocycles. The Morgan fingerprint density at radius 1 is 1.31 bits per heavy atom. The fraction of sp³-hybridized carbons (Fsp3) is 0.421. The number of nitrogens with zero attached hydrogens (tertiary/aromatic N) is 3. The molecule has 1 aliphatic rings. The summed E-state index contributed by atoms with van der Waals surface area (Å²) in [4.78, 5) is 26.5. The van der Waals surface area contributed by atoms with Gasteiger partial charge in [0.05, 0.1) is 24.1 Å². The summed E-state index contributed by atoms with van der Waals surface area (Å²) in [7, 11) is 1.63. The van der Waals surface area contributed by atoms with E-state index in [0.717, 1.165) is 31.6 Å². The molecule has 0 saturated carbocycles. The predicted molar refractivity (Wildman–Crippen MR) is 99.8 cm³/mol. The van der Waals surface area contributed by atoms with Gasteiger partial charge in [-0.2, -0.15) is 5.10 Å². The molecule has 1 fully saturated rings. The van der Waals surface area contributed by atoms with Crippen LogP contribution in [0.3, 0.4) is 0 Å². The molecule has 138 valence electrons. The summed E-state index contributed by atoms with van der Waals surface area (Å²) in [5, 5.41) is 7.17. The Hall–Kier alpha value is -2.83. The summed E-state index contributed by atoms with van der Waals surface area (Å²) >= 11 is 0. The highest BCUT2D eigenvalue weighted by Crippen LogP contribution is 2.20. The van der Waals surface area contributed by atoms with E-state index < -0.39 is 0 Å². The number of aryl methyl sites for hydroxylation is 1. The smallest absolute Gasteiger partial charge is 0.268 e. The van der Waals surface area contributed by atoms with Gasteiger partial charge in [0.25, 0.3) is 11.5 Å². The Morgan fingerprint density at radius 3 is 2.73 bits per heavy atom. The molecule has 0 atom stereocenters. The van der Waals surface area contributed by atoms with Crippen LogP contribution in [0.2, 0.25) is 0 Å². The molecule has 0 bridgehead atoms. The monoisotopic (exact) mass is 356 g/mol. The second-order valence-electron chi connectivity index (χ2n) is 6.34. The van der Waals surface area contributed by atoms with E-state index in [-0.39, 0.29) is 17.5 Å². The zero-order valence-electron chi connectivity index (χ0n) is 15.1. The number of nitrogens with one attached hydrogen (secondary N) is 1. The molecule has 1 amide bonds. The standard InChI is InChI=1S/C19H24N4O3/c1-3-26-17-7-5-4-6-16(17)19(25)21-14-8-10-23(11-9-14)15-12-18(24)22(2)20-13-15/h4-7,12-14H,3,8-11H2,1-2H3,(H,21,25). The van der Waals surface area contributed by atoms with Gasteiger partial charge in [0.2, 0.25) is 0 Å². The second-order valence-corrected chi connectivity index (χ2v) is 6.34. The maximum Gasteiger partial charge on any atom is 0.268 e. The molecule has 3 rings (SSSR count). The predicted octanol–water partition coefficient (Wildman–Crippen LogP) is 1.58. The second kappa shape index (κ2) is 8.03. The topological polar surface area (TPSA) is 76.5 Å². The molecule has 1 saturated heterocycles. The minimum Gasteiger partial charge on any atom is -0.493 e. The quantitative estimate of drug-likeness (QED) is 0.880. The number of aromatic nitrogens is 2. The Balaban J connectivity index is 1.59.